The topological polar surface area (TPSA) is 55.6 Å². The monoisotopic (exact) mass is 347 g/mol. The van der Waals surface area contributed by atoms with Crippen LogP contribution in [-0.2, 0) is 4.74 Å². The Morgan fingerprint density at radius 2 is 2.17 bits per heavy atom. The van der Waals surface area contributed by atoms with E-state index in [0.717, 1.165) is 16.9 Å². The molecule has 5 nitrogen and oxygen atoms in total. The van der Waals surface area contributed by atoms with Crippen LogP contribution < -0.4 is 5.32 Å². The summed E-state index contributed by atoms with van der Waals surface area (Å²) in [5, 5.41) is 4.67. The first kappa shape index (κ1) is 16.6. The molecule has 0 radical (unpaired) electrons. The molecule has 0 unspecified atom stereocenters. The van der Waals surface area contributed by atoms with E-state index in [1.807, 2.05) is 6.92 Å². The first-order valence-electron chi connectivity index (χ1n) is 7.77. The highest BCUT2D eigenvalue weighted by molar-refractivity contribution is 7.15. The Bertz CT molecular complexity index is 826. The number of carbonyl (C=O) groups excluding carboxylic acids is 1. The molecule has 0 spiro atoms. The van der Waals surface area contributed by atoms with Crippen molar-refractivity contribution >= 4 is 22.2 Å². The van der Waals surface area contributed by atoms with E-state index in [4.69, 9.17) is 4.74 Å². The van der Waals surface area contributed by atoms with Gasteiger partial charge in [0.2, 0.25) is 0 Å². The van der Waals surface area contributed by atoms with Gasteiger partial charge >= 0.3 is 0 Å². The molecule has 0 aliphatic rings. The minimum atomic E-state index is -0.285. The van der Waals surface area contributed by atoms with Gasteiger partial charge in [0.05, 0.1) is 5.69 Å². The number of amides is 1. The molecule has 126 valence electrons. The molecule has 1 N–H and O–H groups in total. The van der Waals surface area contributed by atoms with Crippen LogP contribution in [0.4, 0.5) is 4.39 Å². The maximum absolute atomic E-state index is 13.0. The maximum Gasteiger partial charge on any atom is 0.269 e. The summed E-state index contributed by atoms with van der Waals surface area (Å²) in [6, 6.07) is 6.15. The van der Waals surface area contributed by atoms with Crippen molar-refractivity contribution in [1.82, 2.24) is 14.7 Å². The molecule has 0 aliphatic carbocycles. The molecule has 0 saturated heterocycles. The van der Waals surface area contributed by atoms with Gasteiger partial charge in [-0.3, -0.25) is 9.20 Å². The highest BCUT2D eigenvalue weighted by atomic mass is 32.1. The molecular weight excluding hydrogens is 329 g/mol. The van der Waals surface area contributed by atoms with Crippen molar-refractivity contribution in [2.45, 2.75) is 13.3 Å². The van der Waals surface area contributed by atoms with Crippen LogP contribution in [0.2, 0.25) is 0 Å². The Balaban J connectivity index is 1.73. The average Bonchev–Trinajstić information content (AvgIpc) is 3.15. The van der Waals surface area contributed by atoms with Crippen LogP contribution in [0.25, 0.3) is 16.2 Å². The third-order valence-corrected chi connectivity index (χ3v) is 4.38. The lowest BCUT2D eigenvalue weighted by atomic mass is 10.2. The third kappa shape index (κ3) is 3.63. The maximum atomic E-state index is 13.0. The van der Waals surface area contributed by atoms with Crippen molar-refractivity contribution in [3.05, 3.63) is 47.4 Å². The molecule has 0 saturated carbocycles. The van der Waals surface area contributed by atoms with Crippen molar-refractivity contribution < 1.29 is 13.9 Å². The number of nitrogens with zero attached hydrogens (tertiary/aromatic N) is 2. The van der Waals surface area contributed by atoms with Crippen LogP contribution in [0.5, 0.6) is 0 Å². The second-order valence-electron chi connectivity index (χ2n) is 5.21. The average molecular weight is 347 g/mol. The van der Waals surface area contributed by atoms with E-state index >= 15 is 0 Å². The predicted molar refractivity (Wildman–Crippen MR) is 91.9 cm³/mol. The summed E-state index contributed by atoms with van der Waals surface area (Å²) in [7, 11) is 0. The van der Waals surface area contributed by atoms with Crippen LogP contribution in [0, 0.1) is 5.82 Å². The zero-order valence-corrected chi connectivity index (χ0v) is 14.1. The normalized spacial score (nSPS) is 11.1. The molecule has 1 aromatic carbocycles. The highest BCUT2D eigenvalue weighted by Crippen LogP contribution is 2.23. The molecule has 0 atom stereocenters. The molecule has 1 amide bonds. The van der Waals surface area contributed by atoms with Crippen LogP contribution in [-0.4, -0.2) is 35.1 Å². The van der Waals surface area contributed by atoms with Gasteiger partial charge in [0.25, 0.3) is 5.91 Å². The van der Waals surface area contributed by atoms with Crippen LogP contribution >= 0.6 is 11.3 Å². The minimum Gasteiger partial charge on any atom is -0.382 e. The summed E-state index contributed by atoms with van der Waals surface area (Å²) in [6.45, 7) is 3.82. The number of ether oxygens (including phenoxy) is 1. The van der Waals surface area contributed by atoms with Crippen molar-refractivity contribution in [1.29, 1.82) is 0 Å². The Kier molecular flexibility index (Phi) is 5.22. The molecule has 3 rings (SSSR count). The second kappa shape index (κ2) is 7.55. The van der Waals surface area contributed by atoms with Gasteiger partial charge in [0, 0.05) is 36.9 Å². The van der Waals surface area contributed by atoms with Gasteiger partial charge in [-0.15, -0.1) is 11.3 Å². The molecule has 0 bridgehead atoms. The Labute approximate surface area is 143 Å². The Hall–Kier alpha value is -2.25. The molecule has 24 heavy (non-hydrogen) atoms. The SMILES string of the molecule is CCOCCCNC(=O)c1csc2nc(-c3ccc(F)cc3)cn12. The molecule has 7 heteroatoms. The third-order valence-electron chi connectivity index (χ3n) is 3.54. The van der Waals surface area contributed by atoms with Crippen molar-refractivity contribution in [3.63, 3.8) is 0 Å². The lowest BCUT2D eigenvalue weighted by Gasteiger charge is -2.04. The van der Waals surface area contributed by atoms with E-state index in [-0.39, 0.29) is 11.7 Å². The molecule has 0 fully saturated rings. The van der Waals surface area contributed by atoms with Crippen LogP contribution in [0.1, 0.15) is 23.8 Å². The first-order chi connectivity index (χ1) is 11.7. The summed E-state index contributed by atoms with van der Waals surface area (Å²) in [6.07, 6.45) is 2.58. The lowest BCUT2D eigenvalue weighted by molar-refractivity contribution is 0.0938. The number of nitrogens with one attached hydrogen (secondary N) is 1. The number of benzene rings is 1. The minimum absolute atomic E-state index is 0.138. The second-order valence-corrected chi connectivity index (χ2v) is 6.05. The molecule has 2 heterocycles. The summed E-state index contributed by atoms with van der Waals surface area (Å²) in [5.74, 6) is -0.423. The molecular formula is C17H18FN3O2S. The number of hydrogen-bond donors (Lipinski definition) is 1. The van der Waals surface area contributed by atoms with Gasteiger partial charge in [-0.1, -0.05) is 0 Å². The number of rotatable bonds is 7. The van der Waals surface area contributed by atoms with E-state index in [2.05, 4.69) is 10.3 Å². The van der Waals surface area contributed by atoms with Crippen LogP contribution in [0.3, 0.4) is 0 Å². The largest absolute Gasteiger partial charge is 0.382 e. The summed E-state index contributed by atoms with van der Waals surface area (Å²) in [4.78, 5) is 17.5. The van der Waals surface area contributed by atoms with Gasteiger partial charge < -0.3 is 10.1 Å². The van der Waals surface area contributed by atoms with Gasteiger partial charge in [0.15, 0.2) is 4.96 Å². The highest BCUT2D eigenvalue weighted by Gasteiger charge is 2.14. The van der Waals surface area contributed by atoms with Gasteiger partial charge in [-0.25, -0.2) is 9.37 Å². The smallest absolute Gasteiger partial charge is 0.269 e. The predicted octanol–water partition coefficient (Wildman–Crippen LogP) is 3.36. The van der Waals surface area contributed by atoms with E-state index in [0.29, 0.717) is 31.1 Å². The number of halogens is 1. The Morgan fingerprint density at radius 3 is 2.92 bits per heavy atom. The zero-order chi connectivity index (χ0) is 16.9. The number of aromatic nitrogens is 2. The standard InChI is InChI=1S/C17H18FN3O2S/c1-2-23-9-3-8-19-16(22)15-11-24-17-20-14(10-21(15)17)12-4-6-13(18)7-5-12/h4-7,10-11H,2-3,8-9H2,1H3,(H,19,22). The Morgan fingerprint density at radius 1 is 1.38 bits per heavy atom. The van der Waals surface area contributed by atoms with Crippen molar-refractivity contribution in [2.75, 3.05) is 19.8 Å². The van der Waals surface area contributed by atoms with Gasteiger partial charge in [0.1, 0.15) is 11.5 Å². The fourth-order valence-corrected chi connectivity index (χ4v) is 3.17. The quantitative estimate of drug-likeness (QED) is 0.667. The fraction of sp³-hybridized carbons (Fsp3) is 0.294. The van der Waals surface area contributed by atoms with Crippen molar-refractivity contribution in [3.8, 4) is 11.3 Å². The summed E-state index contributed by atoms with van der Waals surface area (Å²) >= 11 is 1.40. The van der Waals surface area contributed by atoms with E-state index < -0.39 is 0 Å². The molecule has 0 aliphatic heterocycles. The van der Waals surface area contributed by atoms with E-state index in [9.17, 15) is 9.18 Å². The number of imidazole rings is 1. The summed E-state index contributed by atoms with van der Waals surface area (Å²) in [5.41, 5.74) is 2.08. The molecule has 3 aromatic rings. The van der Waals surface area contributed by atoms with Gasteiger partial charge in [-0.05, 0) is 37.6 Å². The van der Waals surface area contributed by atoms with E-state index in [1.165, 1.54) is 23.5 Å². The lowest BCUT2D eigenvalue weighted by Crippen LogP contribution is -2.26. The van der Waals surface area contributed by atoms with E-state index in [1.54, 1.807) is 28.1 Å². The number of carbonyl (C=O) groups is 1. The molecule has 2 aromatic heterocycles. The fourth-order valence-electron chi connectivity index (χ4n) is 2.32. The number of hydrogen-bond acceptors (Lipinski definition) is 4. The summed E-state index contributed by atoms with van der Waals surface area (Å²) < 4.78 is 20.0. The first-order valence-corrected chi connectivity index (χ1v) is 8.65. The number of fused-ring (bicyclic) bond motifs is 1. The zero-order valence-electron chi connectivity index (χ0n) is 13.3. The number of thiazole rings is 1. The van der Waals surface area contributed by atoms with Crippen LogP contribution in [0.15, 0.2) is 35.8 Å². The van der Waals surface area contributed by atoms with Crippen molar-refractivity contribution in [2.24, 2.45) is 0 Å². The van der Waals surface area contributed by atoms with Gasteiger partial charge in [-0.2, -0.15) is 0 Å².